The number of nitrogens with zero attached hydrogens (tertiary/aromatic N) is 1. The number of carbonyl (C=O) groups excluding carboxylic acids is 1. The summed E-state index contributed by atoms with van der Waals surface area (Å²) in [5.41, 5.74) is 1.27. The summed E-state index contributed by atoms with van der Waals surface area (Å²) in [6.07, 6.45) is 2.76. The van der Waals surface area contributed by atoms with Crippen molar-refractivity contribution in [2.45, 2.75) is 44.9 Å². The second kappa shape index (κ2) is 6.58. The first-order valence-electron chi connectivity index (χ1n) is 7.55. The number of likely N-dealkylation sites (tertiary alicyclic amines) is 1. The predicted octanol–water partition coefficient (Wildman–Crippen LogP) is 2.51. The molecule has 0 aliphatic carbocycles. The van der Waals surface area contributed by atoms with Gasteiger partial charge in [0, 0.05) is 29.1 Å². The largest absolute Gasteiger partial charge is 0.331 e. The fraction of sp³-hybridized carbons (Fsp3) is 0.667. The molecule has 1 aliphatic heterocycles. The Kier molecular flexibility index (Phi) is 5.17. The highest BCUT2D eigenvalue weighted by atomic mass is 32.2. The number of hydrogen-bond acceptors (Lipinski definition) is 4. The fourth-order valence-electron chi connectivity index (χ4n) is 2.72. The minimum Gasteiger partial charge on any atom is -0.331 e. The lowest BCUT2D eigenvalue weighted by Crippen LogP contribution is -2.40. The fourth-order valence-corrected chi connectivity index (χ4v) is 4.82. The Morgan fingerprint density at radius 2 is 2.23 bits per heavy atom. The Balaban J connectivity index is 1.97. The predicted molar refractivity (Wildman–Crippen MR) is 90.2 cm³/mol. The molecule has 1 N–H and O–H groups in total. The summed E-state index contributed by atoms with van der Waals surface area (Å²) in [5.74, 6) is 0. The molecular formula is C15H24N2O3S2. The van der Waals surface area contributed by atoms with E-state index in [2.05, 4.69) is 25.2 Å². The third-order valence-electron chi connectivity index (χ3n) is 4.17. The van der Waals surface area contributed by atoms with E-state index >= 15 is 0 Å². The molecular weight excluding hydrogens is 320 g/mol. The lowest BCUT2D eigenvalue weighted by Gasteiger charge is -2.20. The van der Waals surface area contributed by atoms with Gasteiger partial charge in [-0.1, -0.05) is 6.92 Å². The van der Waals surface area contributed by atoms with Gasteiger partial charge in [-0.25, -0.2) is 13.2 Å². The number of hydrogen-bond donors (Lipinski definition) is 1. The molecule has 2 unspecified atom stereocenters. The zero-order chi connectivity index (χ0) is 16.5. The standard InChI is InChI=1S/C15H24N2O3S2/c1-5-13-10(2)8-14(21-13)11(3)16-15(18)17-7-6-12(9-17)22(4,19)20/h8,11-12H,5-7,9H2,1-4H3,(H,16,18). The van der Waals surface area contributed by atoms with E-state index in [0.29, 0.717) is 19.5 Å². The molecule has 22 heavy (non-hydrogen) atoms. The second-order valence-electron chi connectivity index (χ2n) is 5.97. The minimum atomic E-state index is -3.07. The van der Waals surface area contributed by atoms with E-state index in [0.717, 1.165) is 11.3 Å². The Hall–Kier alpha value is -1.08. The van der Waals surface area contributed by atoms with E-state index in [1.54, 1.807) is 16.2 Å². The van der Waals surface area contributed by atoms with Gasteiger partial charge in [0.1, 0.15) is 0 Å². The summed E-state index contributed by atoms with van der Waals surface area (Å²) in [6.45, 7) is 6.97. The molecule has 2 heterocycles. The van der Waals surface area contributed by atoms with E-state index < -0.39 is 15.1 Å². The van der Waals surface area contributed by atoms with Gasteiger partial charge in [0.15, 0.2) is 9.84 Å². The van der Waals surface area contributed by atoms with Crippen LogP contribution in [0.1, 0.15) is 41.6 Å². The number of thiophene rings is 1. The molecule has 124 valence electrons. The maximum Gasteiger partial charge on any atom is 0.317 e. The van der Waals surface area contributed by atoms with Crippen molar-refractivity contribution in [1.82, 2.24) is 10.2 Å². The molecule has 1 aromatic heterocycles. The van der Waals surface area contributed by atoms with Gasteiger partial charge < -0.3 is 10.2 Å². The molecule has 1 fully saturated rings. The third-order valence-corrected chi connectivity index (χ3v) is 7.33. The second-order valence-corrected chi connectivity index (χ2v) is 9.46. The number of sulfone groups is 1. The van der Waals surface area contributed by atoms with Gasteiger partial charge >= 0.3 is 6.03 Å². The van der Waals surface area contributed by atoms with E-state index in [4.69, 9.17) is 0 Å². The van der Waals surface area contributed by atoms with E-state index in [-0.39, 0.29) is 12.1 Å². The van der Waals surface area contributed by atoms with Crippen LogP contribution in [0, 0.1) is 6.92 Å². The van der Waals surface area contributed by atoms with Gasteiger partial charge in [0.05, 0.1) is 11.3 Å². The van der Waals surface area contributed by atoms with Gasteiger partial charge in [-0.05, 0) is 38.3 Å². The lowest BCUT2D eigenvalue weighted by molar-refractivity contribution is 0.205. The minimum absolute atomic E-state index is 0.0613. The highest BCUT2D eigenvalue weighted by Gasteiger charge is 2.33. The molecule has 1 aromatic rings. The van der Waals surface area contributed by atoms with Crippen molar-refractivity contribution in [1.29, 1.82) is 0 Å². The quantitative estimate of drug-likeness (QED) is 0.912. The first kappa shape index (κ1) is 17.3. The molecule has 0 aromatic carbocycles. The zero-order valence-corrected chi connectivity index (χ0v) is 15.2. The van der Waals surface area contributed by atoms with E-state index in [1.165, 1.54) is 16.7 Å². The summed E-state index contributed by atoms with van der Waals surface area (Å²) in [6, 6.07) is 1.88. The molecule has 2 atom stereocenters. The van der Waals surface area contributed by atoms with Gasteiger partial charge in [-0.2, -0.15) is 0 Å². The first-order valence-corrected chi connectivity index (χ1v) is 10.3. The topological polar surface area (TPSA) is 66.5 Å². The van der Waals surface area contributed by atoms with Gasteiger partial charge in [0.2, 0.25) is 0 Å². The maximum absolute atomic E-state index is 12.3. The van der Waals surface area contributed by atoms with Crippen molar-refractivity contribution in [2.24, 2.45) is 0 Å². The maximum atomic E-state index is 12.3. The Morgan fingerprint density at radius 3 is 2.73 bits per heavy atom. The van der Waals surface area contributed by atoms with Gasteiger partial charge in [0.25, 0.3) is 0 Å². The van der Waals surface area contributed by atoms with Crippen molar-refractivity contribution in [3.8, 4) is 0 Å². The lowest BCUT2D eigenvalue weighted by atomic mass is 10.2. The number of amides is 2. The number of rotatable bonds is 4. The smallest absolute Gasteiger partial charge is 0.317 e. The van der Waals surface area contributed by atoms with Crippen molar-refractivity contribution in [3.05, 3.63) is 21.4 Å². The summed E-state index contributed by atoms with van der Waals surface area (Å²) in [4.78, 5) is 16.4. The molecule has 0 bridgehead atoms. The number of carbonyl (C=O) groups is 1. The Morgan fingerprint density at radius 1 is 1.55 bits per heavy atom. The molecule has 1 aliphatic rings. The number of aryl methyl sites for hydroxylation is 2. The average Bonchev–Trinajstić information content (AvgIpc) is 3.04. The molecule has 7 heteroatoms. The summed E-state index contributed by atoms with van der Waals surface area (Å²) >= 11 is 1.73. The molecule has 0 spiro atoms. The van der Waals surface area contributed by atoms with Crippen LogP contribution < -0.4 is 5.32 Å². The average molecular weight is 345 g/mol. The third kappa shape index (κ3) is 3.81. The van der Waals surface area contributed by atoms with Crippen LogP contribution in [0.3, 0.4) is 0 Å². The van der Waals surface area contributed by atoms with Crippen LogP contribution in [0.4, 0.5) is 4.79 Å². The molecule has 0 saturated carbocycles. The monoisotopic (exact) mass is 344 g/mol. The number of urea groups is 1. The molecule has 5 nitrogen and oxygen atoms in total. The SMILES string of the molecule is CCc1sc(C(C)NC(=O)N2CCC(S(C)(=O)=O)C2)cc1C. The normalized spacial score (nSPS) is 20.2. The zero-order valence-electron chi connectivity index (χ0n) is 13.5. The van der Waals surface area contributed by atoms with Crippen LogP contribution in [0.15, 0.2) is 6.07 Å². The highest BCUT2D eigenvalue weighted by molar-refractivity contribution is 7.91. The van der Waals surface area contributed by atoms with Gasteiger partial charge in [-0.15, -0.1) is 11.3 Å². The first-order chi connectivity index (χ1) is 10.2. The summed E-state index contributed by atoms with van der Waals surface area (Å²) in [7, 11) is -3.07. The highest BCUT2D eigenvalue weighted by Crippen LogP contribution is 2.27. The van der Waals surface area contributed by atoms with Crippen LogP contribution in [-0.2, 0) is 16.3 Å². The van der Waals surface area contributed by atoms with Crippen molar-refractivity contribution < 1.29 is 13.2 Å². The van der Waals surface area contributed by atoms with Crippen molar-refractivity contribution in [3.63, 3.8) is 0 Å². The summed E-state index contributed by atoms with van der Waals surface area (Å²) < 4.78 is 23.1. The van der Waals surface area contributed by atoms with Crippen LogP contribution in [0.5, 0.6) is 0 Å². The Labute approximate surface area is 136 Å². The molecule has 2 rings (SSSR count). The van der Waals surface area contributed by atoms with Crippen LogP contribution in [0.25, 0.3) is 0 Å². The van der Waals surface area contributed by atoms with E-state index in [1.807, 2.05) is 6.92 Å². The number of nitrogens with one attached hydrogen (secondary N) is 1. The van der Waals surface area contributed by atoms with Crippen LogP contribution in [0.2, 0.25) is 0 Å². The molecule has 0 radical (unpaired) electrons. The molecule has 1 saturated heterocycles. The van der Waals surface area contributed by atoms with Gasteiger partial charge in [-0.3, -0.25) is 0 Å². The summed E-state index contributed by atoms with van der Waals surface area (Å²) in [5, 5.41) is 2.55. The van der Waals surface area contributed by atoms with E-state index in [9.17, 15) is 13.2 Å². The van der Waals surface area contributed by atoms with Crippen molar-refractivity contribution in [2.75, 3.05) is 19.3 Å². The van der Waals surface area contributed by atoms with Crippen LogP contribution in [-0.4, -0.2) is 43.9 Å². The Bertz CT molecular complexity index is 652. The molecule has 2 amide bonds. The van der Waals surface area contributed by atoms with Crippen molar-refractivity contribution >= 4 is 27.2 Å². The van der Waals surface area contributed by atoms with Crippen LogP contribution >= 0.6 is 11.3 Å².